The normalized spacial score (nSPS) is 14.1. The van der Waals surface area contributed by atoms with E-state index < -0.39 is 97.5 Å². The average Bonchev–Trinajstić information content (AvgIpc) is 1.33. The zero-order chi connectivity index (χ0) is 70.9. The first kappa shape index (κ1) is 94.1. The number of hydrogen-bond donors (Lipinski definition) is 3. The molecule has 0 rings (SSSR count). The second-order valence-corrected chi connectivity index (χ2v) is 32.1. The van der Waals surface area contributed by atoms with Gasteiger partial charge in [-0.1, -0.05) is 344 Å². The number of rotatable bonds is 75. The van der Waals surface area contributed by atoms with E-state index in [0.717, 1.165) is 108 Å². The lowest BCUT2D eigenvalue weighted by molar-refractivity contribution is -0.161. The molecule has 19 heteroatoms. The van der Waals surface area contributed by atoms with Crippen molar-refractivity contribution in [1.82, 2.24) is 0 Å². The second kappa shape index (κ2) is 67.5. The summed E-state index contributed by atoms with van der Waals surface area (Å²) in [6.45, 7) is 11.8. The molecule has 0 aliphatic carbocycles. The fourth-order valence-corrected chi connectivity index (χ4v) is 13.4. The first-order chi connectivity index (χ1) is 46.2. The highest BCUT2D eigenvalue weighted by Crippen LogP contribution is 2.45. The molecule has 0 spiro atoms. The van der Waals surface area contributed by atoms with Crippen molar-refractivity contribution in [3.63, 3.8) is 0 Å². The number of aliphatic hydroxyl groups is 1. The van der Waals surface area contributed by atoms with Gasteiger partial charge in [-0.2, -0.15) is 0 Å². The minimum absolute atomic E-state index is 0.101. The van der Waals surface area contributed by atoms with Gasteiger partial charge in [-0.25, -0.2) is 9.13 Å². The maximum atomic E-state index is 13.1. The van der Waals surface area contributed by atoms with E-state index in [1.54, 1.807) is 0 Å². The molecule has 0 saturated carbocycles. The van der Waals surface area contributed by atoms with Gasteiger partial charge >= 0.3 is 39.5 Å². The van der Waals surface area contributed by atoms with Crippen LogP contribution in [-0.4, -0.2) is 96.7 Å². The molecule has 5 atom stereocenters. The van der Waals surface area contributed by atoms with Crippen molar-refractivity contribution < 1.29 is 80.2 Å². The topological polar surface area (TPSA) is 237 Å². The highest BCUT2D eigenvalue weighted by atomic mass is 31.2. The lowest BCUT2D eigenvalue weighted by atomic mass is 10.0. The first-order valence-electron chi connectivity index (χ1n) is 39.8. The van der Waals surface area contributed by atoms with Gasteiger partial charge in [0.2, 0.25) is 0 Å². The number of phosphoric acid groups is 2. The highest BCUT2D eigenvalue weighted by Gasteiger charge is 2.30. The summed E-state index contributed by atoms with van der Waals surface area (Å²) in [5.41, 5.74) is 0. The molecular weight excluding hydrogens is 1260 g/mol. The Morgan fingerprint density at radius 1 is 0.281 bits per heavy atom. The minimum Gasteiger partial charge on any atom is -0.462 e. The van der Waals surface area contributed by atoms with Crippen LogP contribution in [0, 0.1) is 17.8 Å². The monoisotopic (exact) mass is 1410 g/mol. The molecule has 0 aromatic heterocycles. The van der Waals surface area contributed by atoms with E-state index in [4.69, 9.17) is 37.0 Å². The summed E-state index contributed by atoms with van der Waals surface area (Å²) >= 11 is 0. The second-order valence-electron chi connectivity index (χ2n) is 29.2. The minimum atomic E-state index is -4.96. The van der Waals surface area contributed by atoms with Gasteiger partial charge in [-0.05, 0) is 43.4 Å². The van der Waals surface area contributed by atoms with Crippen LogP contribution < -0.4 is 0 Å². The quantitative estimate of drug-likeness (QED) is 0.0222. The van der Waals surface area contributed by atoms with Gasteiger partial charge < -0.3 is 33.8 Å². The summed E-state index contributed by atoms with van der Waals surface area (Å²) in [4.78, 5) is 72.4. The van der Waals surface area contributed by atoms with Crippen molar-refractivity contribution in [2.75, 3.05) is 39.6 Å². The van der Waals surface area contributed by atoms with Crippen LogP contribution >= 0.6 is 15.6 Å². The number of carbonyl (C=O) groups excluding carboxylic acids is 4. The molecule has 0 aromatic rings. The largest absolute Gasteiger partial charge is 0.472 e. The third-order valence-corrected chi connectivity index (χ3v) is 19.8. The van der Waals surface area contributed by atoms with Crippen LogP contribution in [-0.2, 0) is 65.4 Å². The van der Waals surface area contributed by atoms with E-state index in [-0.39, 0.29) is 25.7 Å². The van der Waals surface area contributed by atoms with Crippen LogP contribution in [0.5, 0.6) is 0 Å². The average molecular weight is 1410 g/mol. The zero-order valence-electron chi connectivity index (χ0n) is 62.8. The van der Waals surface area contributed by atoms with Crippen LogP contribution in [0.25, 0.3) is 0 Å². The molecule has 17 nitrogen and oxygen atoms in total. The molecular formula is C77H150O17P2. The molecule has 96 heavy (non-hydrogen) atoms. The molecule has 2 unspecified atom stereocenters. The Morgan fingerprint density at radius 2 is 0.479 bits per heavy atom. The lowest BCUT2D eigenvalue weighted by Crippen LogP contribution is -2.30. The Morgan fingerprint density at radius 3 is 0.708 bits per heavy atom. The van der Waals surface area contributed by atoms with Gasteiger partial charge in [0.15, 0.2) is 12.2 Å². The van der Waals surface area contributed by atoms with Crippen LogP contribution in [0.1, 0.15) is 395 Å². The molecule has 0 aliphatic rings. The number of carbonyl (C=O) groups is 4. The molecule has 3 N–H and O–H groups in total. The smallest absolute Gasteiger partial charge is 0.462 e. The predicted octanol–water partition coefficient (Wildman–Crippen LogP) is 22.6. The van der Waals surface area contributed by atoms with Crippen LogP contribution in [0.4, 0.5) is 0 Å². The molecule has 0 bridgehead atoms. The Kier molecular flexibility index (Phi) is 66.2. The fraction of sp³-hybridized carbons (Fsp3) is 0.948. The van der Waals surface area contributed by atoms with E-state index in [2.05, 4.69) is 48.5 Å². The maximum absolute atomic E-state index is 13.1. The van der Waals surface area contributed by atoms with E-state index in [1.807, 2.05) is 0 Å². The highest BCUT2D eigenvalue weighted by molar-refractivity contribution is 7.47. The Labute approximate surface area is 588 Å². The number of ether oxygens (including phenoxy) is 4. The van der Waals surface area contributed by atoms with E-state index in [0.29, 0.717) is 31.6 Å². The number of unbranched alkanes of at least 4 members (excludes halogenated alkanes) is 43. The Balaban J connectivity index is 5.08. The van der Waals surface area contributed by atoms with Crippen LogP contribution in [0.2, 0.25) is 0 Å². The number of hydrogen-bond acceptors (Lipinski definition) is 15. The van der Waals surface area contributed by atoms with Crippen molar-refractivity contribution in [2.24, 2.45) is 17.8 Å². The first-order valence-corrected chi connectivity index (χ1v) is 42.8. The van der Waals surface area contributed by atoms with Crippen molar-refractivity contribution in [3.8, 4) is 0 Å². The summed E-state index contributed by atoms with van der Waals surface area (Å²) in [7, 11) is -9.90. The lowest BCUT2D eigenvalue weighted by Gasteiger charge is -2.21. The maximum Gasteiger partial charge on any atom is 0.472 e. The van der Waals surface area contributed by atoms with Gasteiger partial charge in [0.1, 0.15) is 19.3 Å². The van der Waals surface area contributed by atoms with Gasteiger partial charge in [0.05, 0.1) is 26.4 Å². The summed E-state index contributed by atoms with van der Waals surface area (Å²) < 4.78 is 68.2. The molecule has 570 valence electrons. The summed E-state index contributed by atoms with van der Waals surface area (Å²) in [6.07, 6.45) is 55.0. The summed E-state index contributed by atoms with van der Waals surface area (Å²) in [6, 6.07) is 0. The van der Waals surface area contributed by atoms with Crippen molar-refractivity contribution in [2.45, 2.75) is 414 Å². The molecule has 0 aliphatic heterocycles. The molecule has 0 heterocycles. The van der Waals surface area contributed by atoms with Gasteiger partial charge in [-0.3, -0.25) is 37.3 Å². The zero-order valence-corrected chi connectivity index (χ0v) is 64.6. The van der Waals surface area contributed by atoms with Crippen LogP contribution in [0.15, 0.2) is 0 Å². The molecule has 0 fully saturated rings. The van der Waals surface area contributed by atoms with E-state index >= 15 is 0 Å². The summed E-state index contributed by atoms with van der Waals surface area (Å²) in [5.74, 6) is 0.179. The van der Waals surface area contributed by atoms with E-state index in [1.165, 1.54) is 199 Å². The van der Waals surface area contributed by atoms with Crippen LogP contribution in [0.3, 0.4) is 0 Å². The predicted molar refractivity (Wildman–Crippen MR) is 391 cm³/mol. The van der Waals surface area contributed by atoms with Crippen molar-refractivity contribution in [1.29, 1.82) is 0 Å². The number of esters is 4. The third-order valence-electron chi connectivity index (χ3n) is 17.9. The molecule has 0 radical (unpaired) electrons. The van der Waals surface area contributed by atoms with Crippen molar-refractivity contribution >= 4 is 39.5 Å². The van der Waals surface area contributed by atoms with Gasteiger partial charge in [0, 0.05) is 25.7 Å². The molecule has 0 saturated heterocycles. The molecule has 0 aromatic carbocycles. The van der Waals surface area contributed by atoms with Gasteiger partial charge in [-0.15, -0.1) is 0 Å². The summed E-state index contributed by atoms with van der Waals surface area (Å²) in [5, 5.41) is 10.6. The van der Waals surface area contributed by atoms with E-state index in [9.17, 15) is 43.2 Å². The van der Waals surface area contributed by atoms with Crippen molar-refractivity contribution in [3.05, 3.63) is 0 Å². The Bertz CT molecular complexity index is 1870. The standard InChI is InChI=1S/C77H150O17P2/c1-8-9-10-41-51-58-74(79)87-64-72(94-77(82)61-54-47-40-39-44-50-57-70(6)7)66-91-95(83,84)89-62-71(78)63-90-96(85,86)92-67-73(93-76(81)60-53-46-38-34-30-26-22-18-14-12-16-20-24-28-32-36-43-49-56-69(4)5)65-88-75(80)59-52-45-37-33-29-25-21-17-13-11-15-19-23-27-31-35-42-48-55-68(2)3/h68-73,78H,8-67H2,1-7H3,(H,83,84)(H,85,86)/t71-,72+,73+/m0/s1. The Hall–Kier alpha value is -1.94. The van der Waals surface area contributed by atoms with Gasteiger partial charge in [0.25, 0.3) is 0 Å². The number of aliphatic hydroxyl groups excluding tert-OH is 1. The third kappa shape index (κ3) is 70.5. The number of phosphoric ester groups is 2. The molecule has 0 amide bonds. The fourth-order valence-electron chi connectivity index (χ4n) is 11.8. The SMILES string of the molecule is CCCCCCCC(=O)OC[C@H](COP(=O)(O)OC[C@H](O)COP(=O)(O)OC[C@@H](COC(=O)CCCCCCCCCCCCCCCCCCCCC(C)C)OC(=O)CCCCCCCCCCCCCCCCCCCCC(C)C)OC(=O)CCCCCCCCC(C)C.